The van der Waals surface area contributed by atoms with E-state index in [-0.39, 0.29) is 13.6 Å². The molecule has 6 heteroatoms. The lowest BCUT2D eigenvalue weighted by Crippen LogP contribution is -1.94. The molecular formula is C31H30N2O4. The summed E-state index contributed by atoms with van der Waals surface area (Å²) in [6, 6.07) is 18.7. The van der Waals surface area contributed by atoms with Gasteiger partial charge in [0.2, 0.25) is 13.6 Å². The predicted octanol–water partition coefficient (Wildman–Crippen LogP) is 8.20. The summed E-state index contributed by atoms with van der Waals surface area (Å²) in [5.74, 6) is 2.98. The van der Waals surface area contributed by atoms with Crippen molar-refractivity contribution in [2.45, 2.75) is 27.7 Å². The maximum absolute atomic E-state index is 5.78. The van der Waals surface area contributed by atoms with E-state index in [0.29, 0.717) is 0 Å². The van der Waals surface area contributed by atoms with E-state index < -0.39 is 0 Å². The van der Waals surface area contributed by atoms with Gasteiger partial charge in [-0.1, -0.05) is 46.4 Å². The number of hydrogen-bond donors (Lipinski definition) is 1. The fraction of sp³-hybridized carbons (Fsp3) is 0.194. The topological polar surface area (TPSA) is 65.6 Å². The quantitative estimate of drug-likeness (QED) is 0.274. The number of aromatic nitrogens is 2. The highest BCUT2D eigenvalue weighted by molar-refractivity contribution is 6.00. The number of ether oxygens (including phenoxy) is 4. The van der Waals surface area contributed by atoms with Gasteiger partial charge >= 0.3 is 0 Å². The minimum absolute atomic E-state index is 0.212. The van der Waals surface area contributed by atoms with Crippen molar-refractivity contribution in [1.82, 2.24) is 9.97 Å². The molecule has 2 aliphatic heterocycles. The van der Waals surface area contributed by atoms with Gasteiger partial charge in [0.1, 0.15) is 0 Å². The smallest absolute Gasteiger partial charge is 0.231 e. The maximum atomic E-state index is 5.78. The number of nitrogens with zero attached hydrogens (tertiary/aromatic N) is 1. The zero-order chi connectivity index (χ0) is 25.9. The van der Waals surface area contributed by atoms with Gasteiger partial charge in [-0.2, -0.15) is 0 Å². The highest BCUT2D eigenvalue weighted by Crippen LogP contribution is 2.46. The van der Waals surface area contributed by atoms with Crippen LogP contribution in [0.4, 0.5) is 0 Å². The molecule has 0 atom stereocenters. The molecule has 0 spiro atoms. The molecule has 0 aliphatic carbocycles. The predicted molar refractivity (Wildman–Crippen MR) is 150 cm³/mol. The lowest BCUT2D eigenvalue weighted by atomic mass is 9.88. The summed E-state index contributed by atoms with van der Waals surface area (Å²) in [4.78, 5) is 7.58. The Morgan fingerprint density at radius 1 is 0.730 bits per heavy atom. The second kappa shape index (κ2) is 10.3. The first-order valence-corrected chi connectivity index (χ1v) is 12.6. The molecule has 1 aromatic heterocycles. The zero-order valence-electron chi connectivity index (χ0n) is 21.6. The molecule has 37 heavy (non-hydrogen) atoms. The highest BCUT2D eigenvalue weighted by atomic mass is 16.7. The molecule has 1 N–H and O–H groups in total. The number of benzene rings is 4. The third kappa shape index (κ3) is 4.14. The molecule has 4 aromatic carbocycles. The van der Waals surface area contributed by atoms with Crippen molar-refractivity contribution in [2.75, 3.05) is 13.6 Å². The van der Waals surface area contributed by atoms with E-state index in [4.69, 9.17) is 18.9 Å². The number of aromatic amines is 1. The molecule has 188 valence electrons. The Labute approximate surface area is 216 Å². The van der Waals surface area contributed by atoms with E-state index in [1.54, 1.807) is 6.33 Å². The molecule has 0 saturated carbocycles. The molecule has 3 heterocycles. The van der Waals surface area contributed by atoms with E-state index in [1.165, 1.54) is 0 Å². The number of nitrogens with one attached hydrogen (secondary N) is 1. The average Bonchev–Trinajstić information content (AvgIpc) is 3.72. The van der Waals surface area contributed by atoms with Gasteiger partial charge in [0, 0.05) is 5.56 Å². The van der Waals surface area contributed by atoms with Crippen molar-refractivity contribution in [3.63, 3.8) is 0 Å². The molecule has 0 radical (unpaired) electrons. The van der Waals surface area contributed by atoms with Crippen LogP contribution in [0.5, 0.6) is 23.0 Å². The summed E-state index contributed by atoms with van der Waals surface area (Å²) in [5.41, 5.74) is 7.07. The Kier molecular flexibility index (Phi) is 6.73. The van der Waals surface area contributed by atoms with Crippen LogP contribution in [-0.2, 0) is 0 Å². The van der Waals surface area contributed by atoms with Crippen LogP contribution in [-0.4, -0.2) is 23.6 Å². The molecular weight excluding hydrogens is 464 g/mol. The maximum Gasteiger partial charge on any atom is 0.231 e. The van der Waals surface area contributed by atoms with E-state index >= 15 is 0 Å². The Balaban J connectivity index is 0.000000670. The Morgan fingerprint density at radius 2 is 1.41 bits per heavy atom. The van der Waals surface area contributed by atoms with E-state index in [2.05, 4.69) is 46.9 Å². The number of rotatable bonds is 3. The normalized spacial score (nSPS) is 12.5. The molecule has 0 unspecified atom stereocenters. The fourth-order valence-corrected chi connectivity index (χ4v) is 4.69. The number of fused-ring (bicyclic) bond motifs is 4. The summed E-state index contributed by atoms with van der Waals surface area (Å²) in [6.45, 7) is 12.5. The first-order valence-electron chi connectivity index (χ1n) is 12.6. The summed E-state index contributed by atoms with van der Waals surface area (Å²) in [6.07, 6.45) is 3.54. The zero-order valence-corrected chi connectivity index (χ0v) is 21.6. The lowest BCUT2D eigenvalue weighted by molar-refractivity contribution is 0.173. The van der Waals surface area contributed by atoms with E-state index in [1.807, 2.05) is 58.0 Å². The number of hydrogen-bond acceptors (Lipinski definition) is 5. The Morgan fingerprint density at radius 3 is 2.14 bits per heavy atom. The summed E-state index contributed by atoms with van der Waals surface area (Å²) in [5, 5.41) is 2.14. The molecule has 5 aromatic rings. The second-order valence-corrected chi connectivity index (χ2v) is 8.05. The van der Waals surface area contributed by atoms with Gasteiger partial charge in [-0.3, -0.25) is 0 Å². The summed E-state index contributed by atoms with van der Waals surface area (Å²) in [7, 11) is 0. The molecule has 7 rings (SSSR count). The number of H-pyrrole nitrogens is 1. The lowest BCUT2D eigenvalue weighted by Gasteiger charge is -2.16. The molecule has 2 aliphatic rings. The molecule has 0 saturated heterocycles. The van der Waals surface area contributed by atoms with Crippen LogP contribution in [0, 0.1) is 0 Å². The highest BCUT2D eigenvalue weighted by Gasteiger charge is 2.23. The SMILES string of the molecule is C=Cc1c(-c2cc3cc4c(cc3cc2-c2ccc3nc[nH]c3c2)OCO4)ccc2c1OCO2.CC.CC. The monoisotopic (exact) mass is 494 g/mol. The fourth-order valence-electron chi connectivity index (χ4n) is 4.69. The van der Waals surface area contributed by atoms with Crippen molar-refractivity contribution < 1.29 is 18.9 Å². The van der Waals surface area contributed by atoms with Crippen molar-refractivity contribution in [1.29, 1.82) is 0 Å². The molecule has 6 nitrogen and oxygen atoms in total. The first kappa shape index (κ1) is 24.3. The van der Waals surface area contributed by atoms with E-state index in [0.717, 1.165) is 72.6 Å². The van der Waals surface area contributed by atoms with Crippen LogP contribution >= 0.6 is 0 Å². The van der Waals surface area contributed by atoms with Crippen molar-refractivity contribution in [2.24, 2.45) is 0 Å². The Bertz CT molecular complexity index is 1600. The van der Waals surface area contributed by atoms with Gasteiger partial charge < -0.3 is 23.9 Å². The van der Waals surface area contributed by atoms with Gasteiger partial charge in [-0.25, -0.2) is 4.98 Å². The third-order valence-electron chi connectivity index (χ3n) is 6.27. The molecule has 0 amide bonds. The minimum atomic E-state index is 0.212. The van der Waals surface area contributed by atoms with Gasteiger partial charge in [0.15, 0.2) is 23.0 Å². The van der Waals surface area contributed by atoms with Gasteiger partial charge in [0.05, 0.1) is 17.4 Å². The van der Waals surface area contributed by atoms with Gasteiger partial charge in [0.25, 0.3) is 0 Å². The van der Waals surface area contributed by atoms with Crippen molar-refractivity contribution in [3.8, 4) is 45.3 Å². The second-order valence-electron chi connectivity index (χ2n) is 8.05. The first-order chi connectivity index (χ1) is 18.3. The minimum Gasteiger partial charge on any atom is -0.454 e. The molecule has 0 fully saturated rings. The van der Waals surface area contributed by atoms with E-state index in [9.17, 15) is 0 Å². The Hall–Kier alpha value is -4.45. The van der Waals surface area contributed by atoms with Crippen molar-refractivity contribution in [3.05, 3.63) is 73.1 Å². The van der Waals surface area contributed by atoms with Crippen LogP contribution in [0.3, 0.4) is 0 Å². The summed E-state index contributed by atoms with van der Waals surface area (Å²) >= 11 is 0. The average molecular weight is 495 g/mol. The summed E-state index contributed by atoms with van der Waals surface area (Å²) < 4.78 is 22.6. The largest absolute Gasteiger partial charge is 0.454 e. The number of imidazole rings is 1. The standard InChI is InChI=1S/C27H18N2O4.2C2H6/c1-2-18-19(4-6-24-27(18)33-14-30-24)21-8-17-11-26-25(31-13-32-26)10-16(17)7-20(21)15-3-5-22-23(9-15)29-12-28-22;2*1-2/h2-12H,1,13-14H2,(H,28,29);2*1-2H3. The van der Waals surface area contributed by atoms with Gasteiger partial charge in [-0.15, -0.1) is 0 Å². The van der Waals surface area contributed by atoms with Crippen LogP contribution in [0.25, 0.3) is 50.1 Å². The van der Waals surface area contributed by atoms with Crippen LogP contribution in [0.15, 0.2) is 67.5 Å². The van der Waals surface area contributed by atoms with Crippen molar-refractivity contribution >= 4 is 27.9 Å². The third-order valence-corrected chi connectivity index (χ3v) is 6.27. The molecule has 0 bridgehead atoms. The van der Waals surface area contributed by atoms with Crippen LogP contribution < -0.4 is 18.9 Å². The van der Waals surface area contributed by atoms with Crippen LogP contribution in [0.2, 0.25) is 0 Å². The van der Waals surface area contributed by atoms with Gasteiger partial charge in [-0.05, 0) is 81.6 Å². The van der Waals surface area contributed by atoms with Crippen LogP contribution in [0.1, 0.15) is 33.3 Å².